The fraction of sp³-hybridized carbons (Fsp3) is 0.625. The molecule has 4 nitrogen and oxygen atoms in total. The average molecular weight is 312 g/mol. The van der Waals surface area contributed by atoms with E-state index in [-0.39, 0.29) is 6.10 Å². The molecule has 116 valence electrons. The van der Waals surface area contributed by atoms with Gasteiger partial charge in [-0.1, -0.05) is 11.6 Å². The predicted molar refractivity (Wildman–Crippen MR) is 82.1 cm³/mol. The summed E-state index contributed by atoms with van der Waals surface area (Å²) in [6, 6.07) is 3.99. The van der Waals surface area contributed by atoms with Crippen molar-refractivity contribution >= 4 is 11.6 Å². The predicted octanol–water partition coefficient (Wildman–Crippen LogP) is 2.70. The van der Waals surface area contributed by atoms with E-state index in [0.717, 1.165) is 43.7 Å². The first-order chi connectivity index (χ1) is 10.1. The molecule has 1 aromatic rings. The zero-order valence-corrected chi connectivity index (χ0v) is 13.1. The van der Waals surface area contributed by atoms with Crippen LogP contribution in [0.25, 0.3) is 0 Å². The van der Waals surface area contributed by atoms with Crippen molar-refractivity contribution in [2.75, 3.05) is 26.8 Å². The molecule has 1 fully saturated rings. The number of ether oxygens (including phenoxy) is 2. The Bertz CT molecular complexity index is 503. The van der Waals surface area contributed by atoms with Crippen molar-refractivity contribution in [3.63, 3.8) is 0 Å². The minimum Gasteiger partial charge on any atom is -0.489 e. The third-order valence-electron chi connectivity index (χ3n) is 4.10. The lowest BCUT2D eigenvalue weighted by atomic mass is 9.82. The summed E-state index contributed by atoms with van der Waals surface area (Å²) in [6.45, 7) is 3.14. The van der Waals surface area contributed by atoms with E-state index in [1.165, 1.54) is 0 Å². The average Bonchev–Trinajstić information content (AvgIpc) is 2.62. The first-order valence-corrected chi connectivity index (χ1v) is 7.94. The van der Waals surface area contributed by atoms with E-state index in [9.17, 15) is 5.11 Å². The van der Waals surface area contributed by atoms with Crippen LogP contribution in [-0.4, -0.2) is 42.9 Å². The Morgan fingerprint density at radius 2 is 2.05 bits per heavy atom. The van der Waals surface area contributed by atoms with Crippen LogP contribution in [-0.2, 0) is 6.54 Å². The smallest absolute Gasteiger partial charge is 0.179 e. The number of benzene rings is 1. The molecule has 1 aliphatic carbocycles. The Labute approximate surface area is 130 Å². The lowest BCUT2D eigenvalue weighted by Crippen LogP contribution is -2.36. The molecular formula is C16H22ClNO3. The standard InChI is InChI=1S/C16H22ClNO3/c1-18(9-11-5-13(19)6-11)10-12-7-14(17)16-15(8-12)20-3-2-4-21-16/h7-8,11,13,19H,2-6,9-10H2,1H3. The molecule has 5 heteroatoms. The molecule has 21 heavy (non-hydrogen) atoms. The highest BCUT2D eigenvalue weighted by atomic mass is 35.5. The minimum atomic E-state index is -0.0871. The van der Waals surface area contributed by atoms with Crippen molar-refractivity contribution < 1.29 is 14.6 Å². The molecule has 0 bridgehead atoms. The number of rotatable bonds is 4. The maximum absolute atomic E-state index is 9.35. The maximum Gasteiger partial charge on any atom is 0.179 e. The van der Waals surface area contributed by atoms with Crippen LogP contribution in [0.2, 0.25) is 5.02 Å². The van der Waals surface area contributed by atoms with Crippen molar-refractivity contribution in [1.29, 1.82) is 0 Å². The Morgan fingerprint density at radius 3 is 2.81 bits per heavy atom. The highest BCUT2D eigenvalue weighted by molar-refractivity contribution is 6.32. The van der Waals surface area contributed by atoms with Crippen LogP contribution < -0.4 is 9.47 Å². The molecule has 0 spiro atoms. The van der Waals surface area contributed by atoms with Crippen LogP contribution in [0.5, 0.6) is 11.5 Å². The van der Waals surface area contributed by atoms with E-state index >= 15 is 0 Å². The normalized spacial score (nSPS) is 24.6. The van der Waals surface area contributed by atoms with Crippen molar-refractivity contribution in [2.24, 2.45) is 5.92 Å². The van der Waals surface area contributed by atoms with Gasteiger partial charge in [-0.25, -0.2) is 0 Å². The number of aliphatic hydroxyl groups is 1. The molecular weight excluding hydrogens is 290 g/mol. The second-order valence-electron chi connectivity index (χ2n) is 6.14. The fourth-order valence-corrected chi connectivity index (χ4v) is 3.33. The summed E-state index contributed by atoms with van der Waals surface area (Å²) in [5.41, 5.74) is 1.13. The molecule has 3 rings (SSSR count). The number of aliphatic hydroxyl groups excluding tert-OH is 1. The Kier molecular flexibility index (Phi) is 4.57. The van der Waals surface area contributed by atoms with E-state index in [0.29, 0.717) is 29.9 Å². The molecule has 0 atom stereocenters. The van der Waals surface area contributed by atoms with Crippen LogP contribution in [0.1, 0.15) is 24.8 Å². The molecule has 0 amide bonds. The van der Waals surface area contributed by atoms with Crippen LogP contribution in [0.15, 0.2) is 12.1 Å². The fourth-order valence-electron chi connectivity index (χ4n) is 3.04. The highest BCUT2D eigenvalue weighted by Crippen LogP contribution is 2.38. The summed E-state index contributed by atoms with van der Waals surface area (Å²) < 4.78 is 11.4. The van der Waals surface area contributed by atoms with Gasteiger partial charge >= 0.3 is 0 Å². The Balaban J connectivity index is 1.65. The van der Waals surface area contributed by atoms with Gasteiger partial charge in [-0.3, -0.25) is 0 Å². The summed E-state index contributed by atoms with van der Waals surface area (Å²) in [5, 5.41) is 9.97. The zero-order chi connectivity index (χ0) is 14.8. The van der Waals surface area contributed by atoms with Gasteiger partial charge in [0.25, 0.3) is 0 Å². The van der Waals surface area contributed by atoms with Crippen LogP contribution in [0, 0.1) is 5.92 Å². The number of nitrogens with zero attached hydrogens (tertiary/aromatic N) is 1. The third kappa shape index (κ3) is 3.62. The van der Waals surface area contributed by atoms with E-state index < -0.39 is 0 Å². The van der Waals surface area contributed by atoms with Crippen molar-refractivity contribution in [2.45, 2.75) is 31.9 Å². The second kappa shape index (κ2) is 6.42. The number of halogens is 1. The van der Waals surface area contributed by atoms with Crippen LogP contribution in [0.4, 0.5) is 0 Å². The molecule has 1 saturated carbocycles. The first-order valence-electron chi connectivity index (χ1n) is 7.56. The molecule has 1 N–H and O–H groups in total. The van der Waals surface area contributed by atoms with Crippen LogP contribution >= 0.6 is 11.6 Å². The monoisotopic (exact) mass is 311 g/mol. The quantitative estimate of drug-likeness (QED) is 0.928. The van der Waals surface area contributed by atoms with Gasteiger partial charge in [-0.15, -0.1) is 0 Å². The first kappa shape index (κ1) is 14.9. The Morgan fingerprint density at radius 1 is 1.29 bits per heavy atom. The van der Waals surface area contributed by atoms with E-state index in [4.69, 9.17) is 21.1 Å². The number of fused-ring (bicyclic) bond motifs is 1. The van der Waals surface area contributed by atoms with Gasteiger partial charge in [-0.05, 0) is 43.5 Å². The maximum atomic E-state index is 9.35. The molecule has 1 heterocycles. The van der Waals surface area contributed by atoms with Crippen LogP contribution in [0.3, 0.4) is 0 Å². The summed E-state index contributed by atoms with van der Waals surface area (Å²) >= 11 is 6.31. The van der Waals surface area contributed by atoms with E-state index in [1.807, 2.05) is 12.1 Å². The minimum absolute atomic E-state index is 0.0871. The molecule has 0 aromatic heterocycles. The lowest BCUT2D eigenvalue weighted by Gasteiger charge is -2.34. The summed E-state index contributed by atoms with van der Waals surface area (Å²) in [5.74, 6) is 2.03. The number of hydrogen-bond donors (Lipinski definition) is 1. The van der Waals surface area contributed by atoms with Crippen molar-refractivity contribution in [3.8, 4) is 11.5 Å². The van der Waals surface area contributed by atoms with Gasteiger partial charge in [0.1, 0.15) is 0 Å². The summed E-state index contributed by atoms with van der Waals surface area (Å²) in [6.07, 6.45) is 2.64. The Hall–Kier alpha value is -0.970. The van der Waals surface area contributed by atoms with E-state index in [1.54, 1.807) is 0 Å². The van der Waals surface area contributed by atoms with Crippen molar-refractivity contribution in [3.05, 3.63) is 22.7 Å². The second-order valence-corrected chi connectivity index (χ2v) is 6.55. The highest BCUT2D eigenvalue weighted by Gasteiger charge is 2.28. The zero-order valence-electron chi connectivity index (χ0n) is 12.3. The van der Waals surface area contributed by atoms with Gasteiger partial charge in [0, 0.05) is 19.5 Å². The summed E-state index contributed by atoms with van der Waals surface area (Å²) in [7, 11) is 2.10. The topological polar surface area (TPSA) is 41.9 Å². The van der Waals surface area contributed by atoms with Crippen molar-refractivity contribution in [1.82, 2.24) is 4.90 Å². The molecule has 1 aromatic carbocycles. The van der Waals surface area contributed by atoms with Gasteiger partial charge in [0.2, 0.25) is 0 Å². The largest absolute Gasteiger partial charge is 0.489 e. The van der Waals surface area contributed by atoms with Gasteiger partial charge in [0.15, 0.2) is 11.5 Å². The molecule has 0 saturated heterocycles. The summed E-state index contributed by atoms with van der Waals surface area (Å²) in [4.78, 5) is 2.27. The third-order valence-corrected chi connectivity index (χ3v) is 4.38. The van der Waals surface area contributed by atoms with Gasteiger partial charge < -0.3 is 19.5 Å². The van der Waals surface area contributed by atoms with Gasteiger partial charge in [-0.2, -0.15) is 0 Å². The number of hydrogen-bond acceptors (Lipinski definition) is 4. The lowest BCUT2D eigenvalue weighted by molar-refractivity contribution is 0.0274. The van der Waals surface area contributed by atoms with E-state index in [2.05, 4.69) is 11.9 Å². The SMILES string of the molecule is CN(Cc1cc(Cl)c2c(c1)OCCCO2)CC1CC(O)C1. The molecule has 2 aliphatic rings. The molecule has 0 radical (unpaired) electrons. The van der Waals surface area contributed by atoms with Gasteiger partial charge in [0.05, 0.1) is 24.3 Å². The molecule has 1 aliphatic heterocycles. The molecule has 0 unspecified atom stereocenters.